The molecule has 1 aromatic heterocycles. The highest BCUT2D eigenvalue weighted by atomic mass is 32.2. The van der Waals surface area contributed by atoms with Crippen molar-refractivity contribution in [3.63, 3.8) is 0 Å². The first-order valence-corrected chi connectivity index (χ1v) is 7.88. The molecule has 1 atom stereocenters. The molecular formula is C15H17N3O3S. The molecule has 1 N–H and O–H groups in total. The molecule has 0 unspecified atom stereocenters. The van der Waals surface area contributed by atoms with E-state index in [0.29, 0.717) is 5.16 Å². The highest BCUT2D eigenvalue weighted by Crippen LogP contribution is 2.33. The lowest BCUT2D eigenvalue weighted by molar-refractivity contribution is -0.384. The molecule has 1 heterocycles. The maximum Gasteiger partial charge on any atom is 0.269 e. The molecule has 0 amide bonds. The standard InChI is InChI=1S/C15H17N3O3S/c1-3-5-12-9-14(19)17-15(16-12)22-10(2)11-6-4-7-13(8-11)18(20)21/h4,6-10H,3,5H2,1-2H3,(H,16,17,19)/t10-/m0/s1. The fourth-order valence-corrected chi connectivity index (χ4v) is 3.00. The van der Waals surface area contributed by atoms with Gasteiger partial charge < -0.3 is 4.98 Å². The number of rotatable bonds is 6. The van der Waals surface area contributed by atoms with Gasteiger partial charge in [0.25, 0.3) is 11.2 Å². The quantitative estimate of drug-likeness (QED) is 0.381. The number of aryl methyl sites for hydroxylation is 1. The maximum atomic E-state index is 11.6. The number of aromatic nitrogens is 2. The molecule has 0 fully saturated rings. The van der Waals surface area contributed by atoms with Gasteiger partial charge in [-0.1, -0.05) is 37.2 Å². The number of H-pyrrole nitrogens is 1. The summed E-state index contributed by atoms with van der Waals surface area (Å²) in [5.41, 5.74) is 1.47. The Kier molecular flexibility index (Phi) is 5.32. The average Bonchev–Trinajstić information content (AvgIpc) is 2.47. The number of non-ortho nitro benzene ring substituents is 1. The molecule has 0 spiro atoms. The number of benzene rings is 1. The van der Waals surface area contributed by atoms with Gasteiger partial charge in [-0.15, -0.1) is 0 Å². The van der Waals surface area contributed by atoms with E-state index in [4.69, 9.17) is 0 Å². The molecule has 0 bridgehead atoms. The lowest BCUT2D eigenvalue weighted by Crippen LogP contribution is -2.10. The van der Waals surface area contributed by atoms with E-state index < -0.39 is 4.92 Å². The highest BCUT2D eigenvalue weighted by molar-refractivity contribution is 7.99. The number of hydrogen-bond acceptors (Lipinski definition) is 5. The van der Waals surface area contributed by atoms with Crippen LogP contribution in [0.4, 0.5) is 5.69 Å². The number of nitrogens with one attached hydrogen (secondary N) is 1. The average molecular weight is 319 g/mol. The molecule has 2 aromatic rings. The van der Waals surface area contributed by atoms with Crippen molar-refractivity contribution in [2.75, 3.05) is 0 Å². The van der Waals surface area contributed by atoms with Gasteiger partial charge in [0.05, 0.1) is 4.92 Å². The second-order valence-corrected chi connectivity index (χ2v) is 6.23. The Morgan fingerprint density at radius 2 is 2.18 bits per heavy atom. The van der Waals surface area contributed by atoms with Crippen LogP contribution in [0.25, 0.3) is 0 Å². The van der Waals surface area contributed by atoms with Crippen LogP contribution in [0, 0.1) is 10.1 Å². The minimum absolute atomic E-state index is 0.0556. The van der Waals surface area contributed by atoms with Crippen molar-refractivity contribution in [2.45, 2.75) is 37.1 Å². The highest BCUT2D eigenvalue weighted by Gasteiger charge is 2.13. The lowest BCUT2D eigenvalue weighted by atomic mass is 10.1. The summed E-state index contributed by atoms with van der Waals surface area (Å²) in [7, 11) is 0. The van der Waals surface area contributed by atoms with Crippen LogP contribution in [0.3, 0.4) is 0 Å². The molecular weight excluding hydrogens is 302 g/mol. The van der Waals surface area contributed by atoms with Gasteiger partial charge in [-0.25, -0.2) is 4.98 Å². The number of aromatic amines is 1. The zero-order chi connectivity index (χ0) is 16.1. The smallest absolute Gasteiger partial charge is 0.269 e. The minimum Gasteiger partial charge on any atom is -0.301 e. The van der Waals surface area contributed by atoms with Crippen molar-refractivity contribution in [1.82, 2.24) is 9.97 Å². The molecule has 0 saturated carbocycles. The predicted molar refractivity (Wildman–Crippen MR) is 86.2 cm³/mol. The van der Waals surface area contributed by atoms with Gasteiger partial charge in [-0.2, -0.15) is 0 Å². The molecule has 7 heteroatoms. The van der Waals surface area contributed by atoms with Crippen molar-refractivity contribution in [2.24, 2.45) is 0 Å². The van der Waals surface area contributed by atoms with Crippen molar-refractivity contribution in [3.8, 4) is 0 Å². The lowest BCUT2D eigenvalue weighted by Gasteiger charge is -2.11. The van der Waals surface area contributed by atoms with Crippen LogP contribution in [0.15, 0.2) is 40.3 Å². The summed E-state index contributed by atoms with van der Waals surface area (Å²) in [5, 5.41) is 11.3. The van der Waals surface area contributed by atoms with Gasteiger partial charge in [0.2, 0.25) is 0 Å². The van der Waals surface area contributed by atoms with Gasteiger partial charge in [0, 0.05) is 29.1 Å². The second kappa shape index (κ2) is 7.22. The van der Waals surface area contributed by atoms with E-state index in [0.717, 1.165) is 24.1 Å². The van der Waals surface area contributed by atoms with Gasteiger partial charge in [0.15, 0.2) is 5.16 Å². The molecule has 0 aliphatic carbocycles. The largest absolute Gasteiger partial charge is 0.301 e. The number of hydrogen-bond donors (Lipinski definition) is 1. The fourth-order valence-electron chi connectivity index (χ4n) is 2.05. The zero-order valence-electron chi connectivity index (χ0n) is 12.4. The molecule has 22 heavy (non-hydrogen) atoms. The van der Waals surface area contributed by atoms with Crippen LogP contribution in [-0.2, 0) is 6.42 Å². The molecule has 6 nitrogen and oxygen atoms in total. The zero-order valence-corrected chi connectivity index (χ0v) is 13.2. The van der Waals surface area contributed by atoms with Crippen molar-refractivity contribution < 1.29 is 4.92 Å². The van der Waals surface area contributed by atoms with Crippen LogP contribution in [0.2, 0.25) is 0 Å². The molecule has 116 valence electrons. The van der Waals surface area contributed by atoms with Crippen molar-refractivity contribution >= 4 is 17.4 Å². The van der Waals surface area contributed by atoms with Crippen molar-refractivity contribution in [3.05, 3.63) is 62.1 Å². The normalized spacial score (nSPS) is 12.1. The first-order valence-electron chi connectivity index (χ1n) is 7.01. The molecule has 0 saturated heterocycles. The fraction of sp³-hybridized carbons (Fsp3) is 0.333. The summed E-state index contributed by atoms with van der Waals surface area (Å²) in [5.74, 6) is 0. The van der Waals surface area contributed by atoms with E-state index in [1.807, 2.05) is 19.9 Å². The van der Waals surface area contributed by atoms with Gasteiger partial charge in [-0.05, 0) is 18.9 Å². The summed E-state index contributed by atoms with van der Waals surface area (Å²) in [6.07, 6.45) is 1.67. The first kappa shape index (κ1) is 16.2. The molecule has 2 rings (SSSR count). The summed E-state index contributed by atoms with van der Waals surface area (Å²) in [4.78, 5) is 29.2. The monoisotopic (exact) mass is 319 g/mol. The number of nitro groups is 1. The Morgan fingerprint density at radius 3 is 2.86 bits per heavy atom. The molecule has 1 aromatic carbocycles. The van der Waals surface area contributed by atoms with Gasteiger partial charge in [-0.3, -0.25) is 14.9 Å². The minimum atomic E-state index is -0.414. The molecule has 0 radical (unpaired) electrons. The summed E-state index contributed by atoms with van der Waals surface area (Å²) in [6, 6.07) is 8.01. The van der Waals surface area contributed by atoms with Crippen LogP contribution in [-0.4, -0.2) is 14.9 Å². The van der Waals surface area contributed by atoms with E-state index in [9.17, 15) is 14.9 Å². The summed E-state index contributed by atoms with van der Waals surface area (Å²) >= 11 is 1.38. The molecule has 0 aliphatic heterocycles. The van der Waals surface area contributed by atoms with E-state index in [1.165, 1.54) is 23.9 Å². The Hall–Kier alpha value is -2.15. The van der Waals surface area contributed by atoms with Crippen molar-refractivity contribution in [1.29, 1.82) is 0 Å². The third kappa shape index (κ3) is 4.17. The predicted octanol–water partition coefficient (Wildman–Crippen LogP) is 3.48. The third-order valence-electron chi connectivity index (χ3n) is 3.12. The van der Waals surface area contributed by atoms with E-state index in [1.54, 1.807) is 12.1 Å². The van der Waals surface area contributed by atoms with Crippen LogP contribution < -0.4 is 5.56 Å². The summed E-state index contributed by atoms with van der Waals surface area (Å²) < 4.78 is 0. The molecule has 0 aliphatic rings. The number of nitrogens with zero attached hydrogens (tertiary/aromatic N) is 2. The topological polar surface area (TPSA) is 88.9 Å². The van der Waals surface area contributed by atoms with Gasteiger partial charge >= 0.3 is 0 Å². The Balaban J connectivity index is 2.21. The second-order valence-electron chi connectivity index (χ2n) is 4.90. The van der Waals surface area contributed by atoms with Crippen LogP contribution in [0.1, 0.15) is 36.8 Å². The third-order valence-corrected chi connectivity index (χ3v) is 4.16. The van der Waals surface area contributed by atoms with Gasteiger partial charge in [0.1, 0.15) is 0 Å². The Bertz CT molecular complexity index is 730. The SMILES string of the molecule is CCCc1cc(=O)[nH]c(S[C@@H](C)c2cccc([N+](=O)[O-])c2)n1. The van der Waals surface area contributed by atoms with E-state index in [2.05, 4.69) is 9.97 Å². The summed E-state index contributed by atoms with van der Waals surface area (Å²) in [6.45, 7) is 3.96. The van der Waals surface area contributed by atoms with Crippen LogP contribution >= 0.6 is 11.8 Å². The number of thioether (sulfide) groups is 1. The van der Waals surface area contributed by atoms with E-state index >= 15 is 0 Å². The van der Waals surface area contributed by atoms with Crippen LogP contribution in [0.5, 0.6) is 0 Å². The maximum absolute atomic E-state index is 11.6. The first-order chi connectivity index (χ1) is 10.5. The van der Waals surface area contributed by atoms with E-state index in [-0.39, 0.29) is 16.5 Å². The Morgan fingerprint density at radius 1 is 1.41 bits per heavy atom. The number of nitro benzene ring substituents is 1. The Labute approximate surface area is 132 Å².